The van der Waals surface area contributed by atoms with Gasteiger partial charge in [0.15, 0.2) is 13.2 Å². The zero-order valence-electron chi connectivity index (χ0n) is 42.9. The summed E-state index contributed by atoms with van der Waals surface area (Å²) in [5.41, 5.74) is 5.72. The normalized spacial score (nSPS) is 16.0. The van der Waals surface area contributed by atoms with Gasteiger partial charge in [-0.15, -0.1) is 0 Å². The van der Waals surface area contributed by atoms with E-state index in [2.05, 4.69) is 37.9 Å². The smallest absolute Gasteiger partial charge is 0.344 e. The van der Waals surface area contributed by atoms with Gasteiger partial charge in [-0.2, -0.15) is 0 Å². The minimum Gasteiger partial charge on any atom is -0.497 e. The number of carbonyl (C=O) groups excluding carboxylic acids is 5. The summed E-state index contributed by atoms with van der Waals surface area (Å²) in [5, 5.41) is 9.32. The van der Waals surface area contributed by atoms with Gasteiger partial charge in [0.05, 0.1) is 20.0 Å². The van der Waals surface area contributed by atoms with Gasteiger partial charge in [-0.05, 0) is 184 Å². The minimum atomic E-state index is -0.522. The topological polar surface area (TPSA) is 186 Å². The molecule has 17 heteroatoms. The number of carbonyl (C=O) groups is 5. The third-order valence-corrected chi connectivity index (χ3v) is 10.6. The number of amides is 2. The SMILES string of the molecule is C.CC(C)(C)OC(=O)CBr.CC(C)(C)OC(=O)COc1ccc2c(c1)CC(=O)NCC2.CC(C)(C)OC(=O)COc1ccc2c(c1)CCNCC2.COc1ccc2c(c1)CC(=O)NCC2.[B]C1CCCO1. The van der Waals surface area contributed by atoms with Gasteiger partial charge in [0.2, 0.25) is 11.8 Å². The van der Waals surface area contributed by atoms with Crippen LogP contribution >= 0.6 is 15.9 Å². The second kappa shape index (κ2) is 30.7. The zero-order chi connectivity index (χ0) is 51.9. The second-order valence-corrected chi connectivity index (χ2v) is 20.4. The van der Waals surface area contributed by atoms with E-state index >= 15 is 0 Å². The first-order chi connectivity index (χ1) is 32.9. The average molecular weight is 1050 g/mol. The molecule has 71 heavy (non-hydrogen) atoms. The first-order valence-corrected chi connectivity index (χ1v) is 25.0. The number of methoxy groups -OCH3 is 1. The van der Waals surface area contributed by atoms with Crippen LogP contribution in [-0.4, -0.2) is 119 Å². The van der Waals surface area contributed by atoms with E-state index in [1.807, 2.05) is 111 Å². The van der Waals surface area contributed by atoms with Crippen LogP contribution in [0.5, 0.6) is 17.2 Å². The van der Waals surface area contributed by atoms with Gasteiger partial charge in [0.1, 0.15) is 47.2 Å². The molecule has 392 valence electrons. The van der Waals surface area contributed by atoms with Crippen molar-refractivity contribution in [1.29, 1.82) is 0 Å². The quantitative estimate of drug-likeness (QED) is 0.0886. The van der Waals surface area contributed by atoms with E-state index in [-0.39, 0.29) is 61.3 Å². The van der Waals surface area contributed by atoms with Gasteiger partial charge in [-0.1, -0.05) is 41.6 Å². The summed E-state index contributed by atoms with van der Waals surface area (Å²) in [5.74, 6) is 1.27. The summed E-state index contributed by atoms with van der Waals surface area (Å²) >= 11 is 2.99. The summed E-state index contributed by atoms with van der Waals surface area (Å²) < 4.78 is 36.3. The number of rotatable bonds is 8. The van der Waals surface area contributed by atoms with Crippen molar-refractivity contribution in [3.63, 3.8) is 0 Å². The maximum Gasteiger partial charge on any atom is 0.344 e. The average Bonchev–Trinajstić information content (AvgIpc) is 3.42. The maximum absolute atomic E-state index is 11.6. The van der Waals surface area contributed by atoms with Crippen LogP contribution in [0, 0.1) is 0 Å². The molecule has 1 atom stereocenters. The number of fused-ring (bicyclic) bond motifs is 3. The minimum absolute atomic E-state index is 0. The molecule has 1 fully saturated rings. The van der Waals surface area contributed by atoms with Crippen LogP contribution in [0.1, 0.15) is 116 Å². The Morgan fingerprint density at radius 1 is 0.606 bits per heavy atom. The van der Waals surface area contributed by atoms with Crippen molar-refractivity contribution >= 4 is 53.5 Å². The predicted molar refractivity (Wildman–Crippen MR) is 281 cm³/mol. The van der Waals surface area contributed by atoms with Crippen molar-refractivity contribution in [3.8, 4) is 17.2 Å². The summed E-state index contributed by atoms with van der Waals surface area (Å²) in [6.45, 7) is 20.6. The third kappa shape index (κ3) is 26.8. The third-order valence-electron chi connectivity index (χ3n) is 10.1. The fourth-order valence-corrected chi connectivity index (χ4v) is 7.23. The zero-order valence-corrected chi connectivity index (χ0v) is 44.5. The molecule has 0 spiro atoms. The molecule has 3 N–H and O–H groups in total. The second-order valence-electron chi connectivity index (χ2n) is 19.8. The van der Waals surface area contributed by atoms with Crippen LogP contribution < -0.4 is 30.2 Å². The van der Waals surface area contributed by atoms with E-state index in [4.69, 9.17) is 41.0 Å². The standard InChI is InChI=1S/C16H21NO4.C16H23NO3.C11H13NO2.C6H11BrO2.C4H7BO.CH4/c1-16(2,3)21-15(19)10-20-13-5-4-11-6-7-17-14(18)9-12(11)8-13;1-16(2,3)20-15(18)11-19-14-5-4-12-6-8-17-9-7-13(12)10-14;1-14-10-3-2-8-4-5-12-11(13)7-9(8)6-10;1-6(2,3)9-5(8)4-7;5-4-2-1-3-6-4;/h4-5,8H,6-7,9-10H2,1-3H3,(H,17,18);4-5,10,17H,6-9,11H2,1-3H3;2-3,6H,4-5,7H2,1H3,(H,12,13);4H2,1-3H3;4H,1-3H2;1H4. The van der Waals surface area contributed by atoms with Crippen molar-refractivity contribution in [2.75, 3.05) is 58.4 Å². The van der Waals surface area contributed by atoms with E-state index in [1.165, 1.54) is 16.7 Å². The summed E-state index contributed by atoms with van der Waals surface area (Å²) in [6, 6.07) is 17.6. The Hall–Kier alpha value is -5.13. The Labute approximate surface area is 432 Å². The van der Waals surface area contributed by atoms with E-state index in [1.54, 1.807) is 7.11 Å². The summed E-state index contributed by atoms with van der Waals surface area (Å²) in [4.78, 5) is 56.6. The Kier molecular flexibility index (Phi) is 26.8. The number of ether oxygens (including phenoxy) is 7. The van der Waals surface area contributed by atoms with E-state index in [0.717, 1.165) is 93.0 Å². The number of alkyl halides is 1. The van der Waals surface area contributed by atoms with Crippen LogP contribution in [0.2, 0.25) is 0 Å². The highest BCUT2D eigenvalue weighted by atomic mass is 79.9. The van der Waals surface area contributed by atoms with Crippen LogP contribution in [0.3, 0.4) is 0 Å². The molecule has 0 aliphatic carbocycles. The number of esters is 3. The molecule has 2 radical (unpaired) electrons. The van der Waals surface area contributed by atoms with E-state index < -0.39 is 17.2 Å². The van der Waals surface area contributed by atoms with Gasteiger partial charge in [0.25, 0.3) is 0 Å². The lowest BCUT2D eigenvalue weighted by Gasteiger charge is -2.19. The highest BCUT2D eigenvalue weighted by molar-refractivity contribution is 9.09. The lowest BCUT2D eigenvalue weighted by atomic mass is 9.98. The van der Waals surface area contributed by atoms with Crippen LogP contribution in [-0.2, 0) is 81.4 Å². The molecule has 15 nitrogen and oxygen atoms in total. The van der Waals surface area contributed by atoms with Gasteiger partial charge in [0, 0.05) is 25.7 Å². The highest BCUT2D eigenvalue weighted by Gasteiger charge is 2.20. The molecule has 4 aliphatic heterocycles. The lowest BCUT2D eigenvalue weighted by molar-refractivity contribution is -0.158. The fourth-order valence-electron chi connectivity index (χ4n) is 7.12. The predicted octanol–water partition coefficient (Wildman–Crippen LogP) is 7.28. The number of hydrogen-bond acceptors (Lipinski definition) is 13. The number of benzene rings is 3. The van der Waals surface area contributed by atoms with Gasteiger partial charge < -0.3 is 49.1 Å². The van der Waals surface area contributed by atoms with Crippen molar-refractivity contribution in [1.82, 2.24) is 16.0 Å². The van der Waals surface area contributed by atoms with E-state index in [9.17, 15) is 24.0 Å². The Bertz CT molecular complexity index is 2160. The Morgan fingerprint density at radius 3 is 1.38 bits per heavy atom. The number of halogens is 1. The number of hydrogen-bond donors (Lipinski definition) is 3. The first kappa shape index (κ1) is 62.0. The monoisotopic (exact) mass is 1050 g/mol. The van der Waals surface area contributed by atoms with Gasteiger partial charge in [-0.25, -0.2) is 9.59 Å². The molecule has 4 heterocycles. The largest absolute Gasteiger partial charge is 0.497 e. The molecule has 3 aromatic rings. The molecular weight excluding hydrogens is 973 g/mol. The summed E-state index contributed by atoms with van der Waals surface area (Å²) in [7, 11) is 6.95. The lowest BCUT2D eigenvalue weighted by Crippen LogP contribution is -2.27. The van der Waals surface area contributed by atoms with Crippen molar-refractivity contribution in [2.45, 2.75) is 144 Å². The van der Waals surface area contributed by atoms with Crippen molar-refractivity contribution in [2.24, 2.45) is 0 Å². The maximum atomic E-state index is 11.6. The molecule has 7 rings (SSSR count). The van der Waals surface area contributed by atoms with Crippen molar-refractivity contribution in [3.05, 3.63) is 88.0 Å². The highest BCUT2D eigenvalue weighted by Crippen LogP contribution is 2.23. The van der Waals surface area contributed by atoms with Crippen molar-refractivity contribution < 1.29 is 57.1 Å². The van der Waals surface area contributed by atoms with Crippen LogP contribution in [0.25, 0.3) is 0 Å². The van der Waals surface area contributed by atoms with Crippen LogP contribution in [0.15, 0.2) is 54.6 Å². The van der Waals surface area contributed by atoms with Gasteiger partial charge >= 0.3 is 17.9 Å². The molecular formula is C54H79BBrN3O12. The molecule has 1 unspecified atom stereocenters. The molecule has 3 aromatic carbocycles. The molecule has 4 aliphatic rings. The first-order valence-electron chi connectivity index (χ1n) is 23.9. The summed E-state index contributed by atoms with van der Waals surface area (Å²) in [6.07, 6.45) is 6.76. The van der Waals surface area contributed by atoms with E-state index in [0.29, 0.717) is 25.1 Å². The fraction of sp³-hybridized carbons (Fsp3) is 0.574. The van der Waals surface area contributed by atoms with Crippen LogP contribution in [0.4, 0.5) is 0 Å². The van der Waals surface area contributed by atoms with Gasteiger partial charge in [-0.3, -0.25) is 14.4 Å². The molecule has 0 bridgehead atoms. The molecule has 0 saturated carbocycles. The molecule has 2 amide bonds. The number of nitrogens with one attached hydrogen (secondary N) is 3. The Balaban J connectivity index is 0.000000321. The molecule has 1 saturated heterocycles. The molecule has 0 aromatic heterocycles. The Morgan fingerprint density at radius 2 is 1.00 bits per heavy atom.